The van der Waals surface area contributed by atoms with Gasteiger partial charge in [-0.1, -0.05) is 30.3 Å². The van der Waals surface area contributed by atoms with E-state index in [9.17, 15) is 8.42 Å². The van der Waals surface area contributed by atoms with E-state index >= 15 is 0 Å². The molecule has 2 N–H and O–H groups in total. The Morgan fingerprint density at radius 3 is 2.33 bits per heavy atom. The SMILES string of the molecule is CCOc1ccc(S(=O)(=O)Nc2ccc(NCc3ccccc3)nc2)cc1. The molecule has 140 valence electrons. The standard InChI is InChI=1S/C20H21N3O3S/c1-2-26-18-9-11-19(12-10-18)27(24,25)23-17-8-13-20(22-15-17)21-14-16-6-4-3-5-7-16/h3-13,15,23H,2,14H2,1H3,(H,21,22). The molecule has 1 aromatic heterocycles. The van der Waals surface area contributed by atoms with Crippen LogP contribution in [0.15, 0.2) is 77.8 Å². The third-order valence-electron chi connectivity index (χ3n) is 3.78. The minimum absolute atomic E-state index is 0.164. The van der Waals surface area contributed by atoms with Crippen LogP contribution in [-0.2, 0) is 16.6 Å². The van der Waals surface area contributed by atoms with Gasteiger partial charge in [-0.25, -0.2) is 13.4 Å². The second kappa shape index (κ2) is 8.55. The highest BCUT2D eigenvalue weighted by atomic mass is 32.2. The molecule has 0 bridgehead atoms. The first-order valence-corrected chi connectivity index (χ1v) is 10.0. The molecule has 0 atom stereocenters. The van der Waals surface area contributed by atoms with Crippen LogP contribution in [0.25, 0.3) is 0 Å². The summed E-state index contributed by atoms with van der Waals surface area (Å²) in [5.74, 6) is 1.30. The quantitative estimate of drug-likeness (QED) is 0.617. The molecule has 0 aliphatic rings. The number of nitrogens with zero attached hydrogens (tertiary/aromatic N) is 1. The van der Waals surface area contributed by atoms with Gasteiger partial charge in [-0.2, -0.15) is 0 Å². The van der Waals surface area contributed by atoms with E-state index in [0.29, 0.717) is 30.4 Å². The van der Waals surface area contributed by atoms with Crippen LogP contribution in [0.1, 0.15) is 12.5 Å². The maximum absolute atomic E-state index is 12.5. The van der Waals surface area contributed by atoms with Crippen molar-refractivity contribution in [3.05, 3.63) is 78.5 Å². The molecule has 27 heavy (non-hydrogen) atoms. The van der Waals surface area contributed by atoms with Crippen LogP contribution < -0.4 is 14.8 Å². The molecule has 0 aliphatic carbocycles. The minimum Gasteiger partial charge on any atom is -0.494 e. The van der Waals surface area contributed by atoms with Crippen molar-refractivity contribution in [2.24, 2.45) is 0 Å². The molecule has 6 nitrogen and oxygen atoms in total. The molecule has 0 unspecified atom stereocenters. The molecular weight excluding hydrogens is 362 g/mol. The Balaban J connectivity index is 1.62. The Hall–Kier alpha value is -3.06. The number of rotatable bonds is 8. The molecule has 3 rings (SSSR count). The first-order chi connectivity index (χ1) is 13.1. The number of pyridine rings is 1. The van der Waals surface area contributed by atoms with Crippen LogP contribution in [0.4, 0.5) is 11.5 Å². The predicted octanol–water partition coefficient (Wildman–Crippen LogP) is 3.89. The molecule has 0 fully saturated rings. The van der Waals surface area contributed by atoms with Gasteiger partial charge < -0.3 is 10.1 Å². The smallest absolute Gasteiger partial charge is 0.261 e. The fourth-order valence-corrected chi connectivity index (χ4v) is 3.49. The van der Waals surface area contributed by atoms with Gasteiger partial charge in [0.25, 0.3) is 10.0 Å². The van der Waals surface area contributed by atoms with Crippen molar-refractivity contribution in [2.45, 2.75) is 18.4 Å². The molecule has 0 saturated heterocycles. The number of hydrogen-bond acceptors (Lipinski definition) is 5. The monoisotopic (exact) mass is 383 g/mol. The second-order valence-corrected chi connectivity index (χ2v) is 7.46. The summed E-state index contributed by atoms with van der Waals surface area (Å²) in [5, 5.41) is 3.20. The molecule has 1 heterocycles. The van der Waals surface area contributed by atoms with Gasteiger partial charge in [-0.3, -0.25) is 4.72 Å². The topological polar surface area (TPSA) is 80.3 Å². The molecular formula is C20H21N3O3S. The highest BCUT2D eigenvalue weighted by Gasteiger charge is 2.14. The summed E-state index contributed by atoms with van der Waals surface area (Å²) in [7, 11) is -3.68. The summed E-state index contributed by atoms with van der Waals surface area (Å²) in [5.41, 5.74) is 1.54. The van der Waals surface area contributed by atoms with Gasteiger partial charge in [-0.05, 0) is 48.9 Å². The van der Waals surface area contributed by atoms with Crippen molar-refractivity contribution in [3.63, 3.8) is 0 Å². The lowest BCUT2D eigenvalue weighted by Crippen LogP contribution is -2.13. The molecule has 0 saturated carbocycles. The summed E-state index contributed by atoms with van der Waals surface area (Å²) >= 11 is 0. The summed E-state index contributed by atoms with van der Waals surface area (Å²) in [6.45, 7) is 3.04. The number of aromatic nitrogens is 1. The normalized spacial score (nSPS) is 11.0. The fourth-order valence-electron chi connectivity index (χ4n) is 2.44. The summed E-state index contributed by atoms with van der Waals surface area (Å²) < 4.78 is 32.8. The van der Waals surface area contributed by atoms with Gasteiger partial charge in [0.2, 0.25) is 0 Å². The van der Waals surface area contributed by atoms with E-state index < -0.39 is 10.0 Å². The van der Waals surface area contributed by atoms with E-state index in [1.807, 2.05) is 37.3 Å². The lowest BCUT2D eigenvalue weighted by molar-refractivity contribution is 0.340. The first-order valence-electron chi connectivity index (χ1n) is 8.56. The summed E-state index contributed by atoms with van der Waals surface area (Å²) in [4.78, 5) is 4.42. The number of sulfonamides is 1. The van der Waals surface area contributed by atoms with E-state index in [2.05, 4.69) is 15.0 Å². The predicted molar refractivity (Wildman–Crippen MR) is 106 cm³/mol. The van der Waals surface area contributed by atoms with Crippen molar-refractivity contribution in [1.29, 1.82) is 0 Å². The van der Waals surface area contributed by atoms with Crippen LogP contribution in [-0.4, -0.2) is 20.0 Å². The third-order valence-corrected chi connectivity index (χ3v) is 5.17. The molecule has 0 spiro atoms. The largest absolute Gasteiger partial charge is 0.494 e. The average molecular weight is 383 g/mol. The maximum atomic E-state index is 12.5. The Morgan fingerprint density at radius 1 is 0.963 bits per heavy atom. The molecule has 7 heteroatoms. The first kappa shape index (κ1) is 18.7. The Kier molecular flexibility index (Phi) is 5.93. The van der Waals surface area contributed by atoms with E-state index in [1.54, 1.807) is 24.3 Å². The van der Waals surface area contributed by atoms with E-state index in [-0.39, 0.29) is 4.90 Å². The number of hydrogen-bond donors (Lipinski definition) is 2. The van der Waals surface area contributed by atoms with Gasteiger partial charge >= 0.3 is 0 Å². The van der Waals surface area contributed by atoms with Gasteiger partial charge in [0.1, 0.15) is 11.6 Å². The number of nitrogens with one attached hydrogen (secondary N) is 2. The Labute approximate surface area is 159 Å². The maximum Gasteiger partial charge on any atom is 0.261 e. The van der Waals surface area contributed by atoms with Gasteiger partial charge in [0.05, 0.1) is 23.4 Å². The molecule has 0 radical (unpaired) electrons. The summed E-state index contributed by atoms with van der Waals surface area (Å²) in [6, 6.07) is 19.6. The zero-order chi connectivity index (χ0) is 19.1. The van der Waals surface area contributed by atoms with E-state index in [1.165, 1.54) is 18.3 Å². The van der Waals surface area contributed by atoms with E-state index in [4.69, 9.17) is 4.74 Å². The summed E-state index contributed by atoms with van der Waals surface area (Å²) in [6.07, 6.45) is 1.49. The lowest BCUT2D eigenvalue weighted by atomic mass is 10.2. The Morgan fingerprint density at radius 2 is 1.70 bits per heavy atom. The fraction of sp³-hybridized carbons (Fsp3) is 0.150. The van der Waals surface area contributed by atoms with Crippen molar-refractivity contribution in [3.8, 4) is 5.75 Å². The second-order valence-electron chi connectivity index (χ2n) is 5.78. The van der Waals surface area contributed by atoms with Crippen LogP contribution in [0, 0.1) is 0 Å². The molecule has 3 aromatic rings. The van der Waals surface area contributed by atoms with Crippen molar-refractivity contribution < 1.29 is 13.2 Å². The highest BCUT2D eigenvalue weighted by Crippen LogP contribution is 2.19. The van der Waals surface area contributed by atoms with Crippen molar-refractivity contribution in [1.82, 2.24) is 4.98 Å². The zero-order valence-corrected chi connectivity index (χ0v) is 15.7. The number of ether oxygens (including phenoxy) is 1. The average Bonchev–Trinajstić information content (AvgIpc) is 2.69. The van der Waals surface area contributed by atoms with E-state index in [0.717, 1.165) is 5.56 Å². The van der Waals surface area contributed by atoms with Gasteiger partial charge in [0.15, 0.2) is 0 Å². The molecule has 2 aromatic carbocycles. The molecule has 0 amide bonds. The molecule has 0 aliphatic heterocycles. The van der Waals surface area contributed by atoms with Crippen LogP contribution in [0.3, 0.4) is 0 Å². The van der Waals surface area contributed by atoms with Crippen molar-refractivity contribution >= 4 is 21.5 Å². The minimum atomic E-state index is -3.68. The zero-order valence-electron chi connectivity index (χ0n) is 14.9. The number of benzene rings is 2. The third kappa shape index (κ3) is 5.21. The lowest BCUT2D eigenvalue weighted by Gasteiger charge is -2.10. The number of anilines is 2. The highest BCUT2D eigenvalue weighted by molar-refractivity contribution is 7.92. The van der Waals surface area contributed by atoms with Gasteiger partial charge in [-0.15, -0.1) is 0 Å². The van der Waals surface area contributed by atoms with Crippen LogP contribution in [0.2, 0.25) is 0 Å². The van der Waals surface area contributed by atoms with Crippen molar-refractivity contribution in [2.75, 3.05) is 16.6 Å². The Bertz CT molecular complexity index is 958. The van der Waals surface area contributed by atoms with Crippen LogP contribution >= 0.6 is 0 Å². The van der Waals surface area contributed by atoms with Gasteiger partial charge in [0, 0.05) is 6.54 Å². The van der Waals surface area contributed by atoms with Crippen LogP contribution in [0.5, 0.6) is 5.75 Å².